The summed E-state index contributed by atoms with van der Waals surface area (Å²) in [4.78, 5) is 34.4. The van der Waals surface area contributed by atoms with Gasteiger partial charge < -0.3 is 14.5 Å². The number of nitrogens with zero attached hydrogens (tertiary/aromatic N) is 8. The Morgan fingerprint density at radius 2 is 1.85 bits per heavy atom. The molecule has 0 atom stereocenters. The number of alkyl halides is 3. The number of benzene rings is 1. The Morgan fingerprint density at radius 3 is 2.50 bits per heavy atom. The second kappa shape index (κ2) is 9.57. The summed E-state index contributed by atoms with van der Waals surface area (Å²) in [5, 5.41) is 3.71. The van der Waals surface area contributed by atoms with Crippen LogP contribution >= 0.6 is 0 Å². The van der Waals surface area contributed by atoms with Gasteiger partial charge in [-0.15, -0.1) is 0 Å². The number of carbonyl (C=O) groups is 1. The molecule has 1 aliphatic carbocycles. The summed E-state index contributed by atoms with van der Waals surface area (Å²) < 4.78 is 46.1. The van der Waals surface area contributed by atoms with Crippen LogP contribution in [0, 0.1) is 6.92 Å². The van der Waals surface area contributed by atoms with E-state index in [1.54, 1.807) is 44.4 Å². The molecule has 0 N–H and O–H groups in total. The molecule has 0 radical (unpaired) electrons. The Kier molecular flexibility index (Phi) is 6.15. The molecule has 2 aliphatic rings. The van der Waals surface area contributed by atoms with Gasteiger partial charge in [-0.2, -0.15) is 18.3 Å². The molecule has 0 saturated heterocycles. The third-order valence-corrected chi connectivity index (χ3v) is 7.07. The summed E-state index contributed by atoms with van der Waals surface area (Å²) in [6, 6.07) is 8.02. The van der Waals surface area contributed by atoms with Crippen molar-refractivity contribution < 1.29 is 22.7 Å². The fourth-order valence-corrected chi connectivity index (χ4v) is 4.82. The summed E-state index contributed by atoms with van der Waals surface area (Å²) in [5.74, 6) is 1.56. The van der Waals surface area contributed by atoms with Gasteiger partial charge in [0.1, 0.15) is 17.6 Å². The fraction of sp³-hybridized carbons (Fsp3) is 0.333. The van der Waals surface area contributed by atoms with E-state index in [1.165, 1.54) is 23.0 Å². The normalized spacial score (nSPS) is 15.4. The van der Waals surface area contributed by atoms with Crippen LogP contribution < -0.4 is 14.5 Å². The van der Waals surface area contributed by atoms with Gasteiger partial charge in [0.15, 0.2) is 17.3 Å². The molecule has 1 aliphatic heterocycles. The number of hydrogen-bond donors (Lipinski definition) is 0. The van der Waals surface area contributed by atoms with Crippen LogP contribution in [0.3, 0.4) is 0 Å². The molecule has 0 bridgehead atoms. The number of aromatic nitrogens is 6. The first-order valence-corrected chi connectivity index (χ1v) is 12.6. The van der Waals surface area contributed by atoms with E-state index in [0.29, 0.717) is 52.6 Å². The highest BCUT2D eigenvalue weighted by atomic mass is 19.4. The Bertz CT molecular complexity index is 1600. The van der Waals surface area contributed by atoms with Gasteiger partial charge in [0.25, 0.3) is 0 Å². The minimum atomic E-state index is -4.52. The van der Waals surface area contributed by atoms with Gasteiger partial charge in [-0.05, 0) is 43.5 Å². The Hall–Kier alpha value is -4.55. The molecule has 1 fully saturated rings. The number of fused-ring (bicyclic) bond motifs is 1. The summed E-state index contributed by atoms with van der Waals surface area (Å²) in [7, 11) is 3.22. The Labute approximate surface area is 227 Å². The second-order valence-corrected chi connectivity index (χ2v) is 9.88. The van der Waals surface area contributed by atoms with Gasteiger partial charge >= 0.3 is 6.18 Å². The van der Waals surface area contributed by atoms with Crippen molar-refractivity contribution in [1.29, 1.82) is 0 Å². The number of hydrogen-bond acceptors (Lipinski definition) is 8. The lowest BCUT2D eigenvalue weighted by atomic mass is 10.1. The fourth-order valence-electron chi connectivity index (χ4n) is 4.82. The van der Waals surface area contributed by atoms with Crippen LogP contribution in [0.2, 0.25) is 0 Å². The lowest BCUT2D eigenvalue weighted by Crippen LogP contribution is -2.44. The summed E-state index contributed by atoms with van der Waals surface area (Å²) in [6.45, 7) is 2.00. The van der Waals surface area contributed by atoms with Gasteiger partial charge in [0.05, 0.1) is 31.2 Å². The first-order chi connectivity index (χ1) is 19.1. The number of methoxy groups -OCH3 is 1. The number of halogens is 3. The molecule has 3 aromatic heterocycles. The third-order valence-electron chi connectivity index (χ3n) is 7.07. The van der Waals surface area contributed by atoms with Crippen molar-refractivity contribution in [3.05, 3.63) is 65.5 Å². The average Bonchev–Trinajstić information content (AvgIpc) is 3.71. The van der Waals surface area contributed by atoms with Crippen LogP contribution in [-0.4, -0.2) is 56.3 Å². The molecule has 0 unspecified atom stereocenters. The molecule has 6 rings (SSSR count). The number of likely N-dealkylation sites (N-methyl/N-ethyl adjacent to an activating group) is 1. The number of amides is 1. The number of aryl methyl sites for hydroxylation is 1. The summed E-state index contributed by atoms with van der Waals surface area (Å²) in [6.07, 6.45) is 0.617. The van der Waals surface area contributed by atoms with Crippen LogP contribution in [-0.2, 0) is 17.5 Å². The minimum Gasteiger partial charge on any atom is -0.480 e. The maximum absolute atomic E-state index is 13.1. The van der Waals surface area contributed by atoms with Gasteiger partial charge in [0.2, 0.25) is 11.8 Å². The van der Waals surface area contributed by atoms with Crippen LogP contribution in [0.15, 0.2) is 42.9 Å². The maximum Gasteiger partial charge on any atom is 0.435 e. The van der Waals surface area contributed by atoms with E-state index >= 15 is 0 Å². The SMILES string of the molecule is COc1ncnc(C2CC2)c1-c1ncc2c(n1)N(Cc1ccc(-n3nc(C(F)(F)F)cc3C)cc1)CC(=O)N2C. The number of anilines is 2. The van der Waals surface area contributed by atoms with Gasteiger partial charge in [-0.1, -0.05) is 12.1 Å². The second-order valence-electron chi connectivity index (χ2n) is 9.88. The monoisotopic (exact) mass is 550 g/mol. The molecule has 4 aromatic rings. The molecule has 1 aromatic carbocycles. The zero-order valence-corrected chi connectivity index (χ0v) is 22.0. The topological polar surface area (TPSA) is 102 Å². The zero-order valence-electron chi connectivity index (χ0n) is 22.0. The van der Waals surface area contributed by atoms with E-state index < -0.39 is 11.9 Å². The molecule has 13 heteroatoms. The highest BCUT2D eigenvalue weighted by Crippen LogP contribution is 2.45. The van der Waals surface area contributed by atoms with Crippen molar-refractivity contribution in [3.8, 4) is 23.0 Å². The highest BCUT2D eigenvalue weighted by molar-refractivity contribution is 6.02. The van der Waals surface area contributed by atoms with E-state index in [4.69, 9.17) is 9.72 Å². The molecular formula is C27H25F3N8O2. The molecule has 4 heterocycles. The lowest BCUT2D eigenvalue weighted by Gasteiger charge is -2.34. The van der Waals surface area contributed by atoms with Crippen molar-refractivity contribution in [2.75, 3.05) is 30.5 Å². The van der Waals surface area contributed by atoms with E-state index in [9.17, 15) is 18.0 Å². The smallest absolute Gasteiger partial charge is 0.435 e. The molecule has 206 valence electrons. The average molecular weight is 551 g/mol. The number of carbonyl (C=O) groups excluding carboxylic acids is 1. The van der Waals surface area contributed by atoms with Crippen LogP contribution in [0.4, 0.5) is 24.7 Å². The summed E-state index contributed by atoms with van der Waals surface area (Å²) in [5.41, 5.74) is 2.82. The first-order valence-electron chi connectivity index (χ1n) is 12.6. The lowest BCUT2D eigenvalue weighted by molar-refractivity contribution is -0.141. The predicted octanol–water partition coefficient (Wildman–Crippen LogP) is 4.32. The molecule has 1 saturated carbocycles. The van der Waals surface area contributed by atoms with Gasteiger partial charge in [0, 0.05) is 25.2 Å². The minimum absolute atomic E-state index is 0.0901. The van der Waals surface area contributed by atoms with E-state index in [1.807, 2.05) is 4.90 Å². The van der Waals surface area contributed by atoms with Crippen molar-refractivity contribution in [2.45, 2.75) is 38.4 Å². The maximum atomic E-state index is 13.1. The van der Waals surface area contributed by atoms with Gasteiger partial charge in [-0.3, -0.25) is 4.79 Å². The largest absolute Gasteiger partial charge is 0.480 e. The van der Waals surface area contributed by atoms with Crippen molar-refractivity contribution in [3.63, 3.8) is 0 Å². The first kappa shape index (κ1) is 25.7. The highest BCUT2D eigenvalue weighted by Gasteiger charge is 2.35. The third kappa shape index (κ3) is 4.61. The molecule has 0 spiro atoms. The molecule has 10 nitrogen and oxygen atoms in total. The predicted molar refractivity (Wildman–Crippen MR) is 139 cm³/mol. The summed E-state index contributed by atoms with van der Waals surface area (Å²) >= 11 is 0. The quantitative estimate of drug-likeness (QED) is 0.350. The Balaban J connectivity index is 1.33. The van der Waals surface area contributed by atoms with Crippen LogP contribution in [0.5, 0.6) is 5.88 Å². The zero-order chi connectivity index (χ0) is 28.2. The van der Waals surface area contributed by atoms with E-state index in [-0.39, 0.29) is 12.5 Å². The van der Waals surface area contributed by atoms with Crippen molar-refractivity contribution in [1.82, 2.24) is 29.7 Å². The number of ether oxygens (including phenoxy) is 1. The van der Waals surface area contributed by atoms with E-state index in [2.05, 4.69) is 20.1 Å². The van der Waals surface area contributed by atoms with Crippen molar-refractivity contribution >= 4 is 17.4 Å². The molecule has 1 amide bonds. The Morgan fingerprint density at radius 1 is 1.10 bits per heavy atom. The van der Waals surface area contributed by atoms with Crippen LogP contribution in [0.25, 0.3) is 17.1 Å². The standard InChI is InChI=1S/C27H25F3N8O2/c1-15-10-20(27(28,29)30)35-38(15)18-8-4-16(5-9-18)12-37-13-21(39)36(2)19-11-31-24(34-25(19)37)22-23(17-6-7-17)32-14-33-26(22)40-3/h4-5,8-11,14,17H,6-7,12-13H2,1-3H3. The van der Waals surface area contributed by atoms with E-state index in [0.717, 1.165) is 30.2 Å². The number of rotatable bonds is 6. The van der Waals surface area contributed by atoms with Crippen molar-refractivity contribution in [2.24, 2.45) is 0 Å². The molecular weight excluding hydrogens is 525 g/mol. The molecule has 40 heavy (non-hydrogen) atoms. The van der Waals surface area contributed by atoms with Gasteiger partial charge in [-0.25, -0.2) is 24.6 Å². The van der Waals surface area contributed by atoms with Crippen LogP contribution in [0.1, 0.15) is 41.4 Å².